The molecule has 0 saturated heterocycles. The molecule has 3 heteroatoms. The van der Waals surface area contributed by atoms with Crippen LogP contribution in [0, 0.1) is 5.92 Å². The Morgan fingerprint density at radius 2 is 2.28 bits per heavy atom. The fourth-order valence-corrected chi connectivity index (χ4v) is 2.88. The number of carbonyl (C=O) groups excluding carboxylic acids is 1. The van der Waals surface area contributed by atoms with E-state index in [9.17, 15) is 4.79 Å². The van der Waals surface area contributed by atoms with Crippen molar-refractivity contribution in [3.05, 3.63) is 35.4 Å². The van der Waals surface area contributed by atoms with Crippen molar-refractivity contribution in [2.75, 3.05) is 6.54 Å². The molecule has 0 spiro atoms. The van der Waals surface area contributed by atoms with Gasteiger partial charge in [-0.2, -0.15) is 0 Å². The van der Waals surface area contributed by atoms with Crippen molar-refractivity contribution in [2.45, 2.75) is 38.3 Å². The van der Waals surface area contributed by atoms with Gasteiger partial charge in [0, 0.05) is 12.6 Å². The van der Waals surface area contributed by atoms with E-state index in [-0.39, 0.29) is 11.9 Å². The SMILES string of the molecule is CCC1CC1NC(=O)C1NCCc2ccccc21. The molecule has 1 aliphatic carbocycles. The molecular weight excluding hydrogens is 224 g/mol. The number of amides is 1. The van der Waals surface area contributed by atoms with Gasteiger partial charge in [0.2, 0.25) is 5.91 Å². The monoisotopic (exact) mass is 244 g/mol. The van der Waals surface area contributed by atoms with Crippen LogP contribution in [0.3, 0.4) is 0 Å². The number of nitrogens with one attached hydrogen (secondary N) is 2. The average molecular weight is 244 g/mol. The molecule has 3 rings (SSSR count). The number of fused-ring (bicyclic) bond motifs is 1. The lowest BCUT2D eigenvalue weighted by Crippen LogP contribution is -2.42. The fourth-order valence-electron chi connectivity index (χ4n) is 2.88. The van der Waals surface area contributed by atoms with Crippen LogP contribution in [0.15, 0.2) is 24.3 Å². The van der Waals surface area contributed by atoms with Gasteiger partial charge in [-0.25, -0.2) is 0 Å². The van der Waals surface area contributed by atoms with Crippen LogP contribution in [-0.2, 0) is 11.2 Å². The van der Waals surface area contributed by atoms with E-state index in [1.807, 2.05) is 12.1 Å². The highest BCUT2D eigenvalue weighted by Crippen LogP contribution is 2.34. The molecule has 1 heterocycles. The molecule has 3 unspecified atom stereocenters. The molecule has 1 aliphatic heterocycles. The predicted molar refractivity (Wildman–Crippen MR) is 71.2 cm³/mol. The van der Waals surface area contributed by atoms with Gasteiger partial charge in [0.25, 0.3) is 0 Å². The first kappa shape index (κ1) is 11.7. The van der Waals surface area contributed by atoms with Crippen molar-refractivity contribution in [3.63, 3.8) is 0 Å². The van der Waals surface area contributed by atoms with E-state index in [0.717, 1.165) is 24.9 Å². The zero-order valence-corrected chi connectivity index (χ0v) is 10.8. The summed E-state index contributed by atoms with van der Waals surface area (Å²) in [7, 11) is 0. The predicted octanol–water partition coefficient (Wildman–Crippen LogP) is 1.79. The summed E-state index contributed by atoms with van der Waals surface area (Å²) in [6.07, 6.45) is 3.33. The van der Waals surface area contributed by atoms with Gasteiger partial charge in [-0.05, 0) is 29.9 Å². The number of benzene rings is 1. The molecule has 1 aromatic carbocycles. The van der Waals surface area contributed by atoms with E-state index in [1.54, 1.807) is 0 Å². The Bertz CT molecular complexity index is 458. The largest absolute Gasteiger partial charge is 0.351 e. The van der Waals surface area contributed by atoms with E-state index in [1.165, 1.54) is 12.0 Å². The molecule has 18 heavy (non-hydrogen) atoms. The van der Waals surface area contributed by atoms with Crippen molar-refractivity contribution in [1.82, 2.24) is 10.6 Å². The molecule has 96 valence electrons. The third-order valence-corrected chi connectivity index (χ3v) is 4.15. The number of hydrogen-bond acceptors (Lipinski definition) is 2. The van der Waals surface area contributed by atoms with Crippen molar-refractivity contribution in [3.8, 4) is 0 Å². The third kappa shape index (κ3) is 2.15. The lowest BCUT2D eigenvalue weighted by molar-refractivity contribution is -0.123. The Hall–Kier alpha value is -1.35. The molecule has 0 radical (unpaired) electrons. The third-order valence-electron chi connectivity index (χ3n) is 4.15. The molecule has 1 fully saturated rings. The topological polar surface area (TPSA) is 41.1 Å². The van der Waals surface area contributed by atoms with Gasteiger partial charge in [-0.15, -0.1) is 0 Å². The second-order valence-corrected chi connectivity index (χ2v) is 5.36. The minimum atomic E-state index is -0.159. The summed E-state index contributed by atoms with van der Waals surface area (Å²) in [6, 6.07) is 8.51. The first-order valence-corrected chi connectivity index (χ1v) is 6.91. The van der Waals surface area contributed by atoms with Crippen LogP contribution in [-0.4, -0.2) is 18.5 Å². The summed E-state index contributed by atoms with van der Waals surface area (Å²) >= 11 is 0. The maximum atomic E-state index is 12.3. The Morgan fingerprint density at radius 3 is 3.06 bits per heavy atom. The average Bonchev–Trinajstić information content (AvgIpc) is 3.16. The zero-order valence-electron chi connectivity index (χ0n) is 10.8. The van der Waals surface area contributed by atoms with Gasteiger partial charge in [-0.1, -0.05) is 37.6 Å². The fraction of sp³-hybridized carbons (Fsp3) is 0.533. The highest BCUT2D eigenvalue weighted by atomic mass is 16.2. The van der Waals surface area contributed by atoms with E-state index >= 15 is 0 Å². The summed E-state index contributed by atoms with van der Waals surface area (Å²) in [5.74, 6) is 0.843. The molecule has 3 atom stereocenters. The lowest BCUT2D eigenvalue weighted by Gasteiger charge is -2.26. The summed E-state index contributed by atoms with van der Waals surface area (Å²) in [5, 5.41) is 6.49. The number of carbonyl (C=O) groups is 1. The van der Waals surface area contributed by atoms with Gasteiger partial charge in [0.15, 0.2) is 0 Å². The minimum Gasteiger partial charge on any atom is -0.351 e. The van der Waals surface area contributed by atoms with Gasteiger partial charge >= 0.3 is 0 Å². The van der Waals surface area contributed by atoms with Crippen LogP contribution in [0.2, 0.25) is 0 Å². The molecule has 1 aromatic rings. The smallest absolute Gasteiger partial charge is 0.241 e. The molecule has 1 amide bonds. The van der Waals surface area contributed by atoms with Gasteiger partial charge in [0.1, 0.15) is 6.04 Å². The van der Waals surface area contributed by atoms with E-state index in [4.69, 9.17) is 0 Å². The molecule has 2 N–H and O–H groups in total. The Kier molecular flexibility index (Phi) is 3.08. The summed E-state index contributed by atoms with van der Waals surface area (Å²) in [5.41, 5.74) is 2.45. The van der Waals surface area contributed by atoms with Crippen LogP contribution in [0.4, 0.5) is 0 Å². The maximum absolute atomic E-state index is 12.3. The molecule has 3 nitrogen and oxygen atoms in total. The van der Waals surface area contributed by atoms with Crippen molar-refractivity contribution < 1.29 is 4.79 Å². The standard InChI is InChI=1S/C15H20N2O/c1-2-10-9-13(10)17-15(18)14-12-6-4-3-5-11(12)7-8-16-14/h3-6,10,13-14,16H,2,7-9H2,1H3,(H,17,18). The summed E-state index contributed by atoms with van der Waals surface area (Å²) in [4.78, 5) is 12.3. The van der Waals surface area contributed by atoms with Crippen LogP contribution in [0.5, 0.6) is 0 Å². The lowest BCUT2D eigenvalue weighted by atomic mass is 9.94. The highest BCUT2D eigenvalue weighted by molar-refractivity contribution is 5.84. The first-order valence-electron chi connectivity index (χ1n) is 6.91. The number of hydrogen-bond donors (Lipinski definition) is 2. The highest BCUT2D eigenvalue weighted by Gasteiger charge is 2.38. The zero-order chi connectivity index (χ0) is 12.5. The van der Waals surface area contributed by atoms with E-state index in [2.05, 4.69) is 29.7 Å². The van der Waals surface area contributed by atoms with E-state index in [0.29, 0.717) is 12.0 Å². The first-order chi connectivity index (χ1) is 8.79. The van der Waals surface area contributed by atoms with Crippen LogP contribution in [0.25, 0.3) is 0 Å². The van der Waals surface area contributed by atoms with Crippen molar-refractivity contribution in [2.24, 2.45) is 5.92 Å². The molecule has 1 saturated carbocycles. The van der Waals surface area contributed by atoms with Crippen LogP contribution < -0.4 is 10.6 Å². The second-order valence-electron chi connectivity index (χ2n) is 5.36. The second kappa shape index (κ2) is 4.73. The van der Waals surface area contributed by atoms with Crippen molar-refractivity contribution in [1.29, 1.82) is 0 Å². The normalized spacial score (nSPS) is 29.5. The Labute approximate surface area is 108 Å². The number of rotatable bonds is 3. The van der Waals surface area contributed by atoms with Gasteiger partial charge in [0.05, 0.1) is 0 Å². The maximum Gasteiger partial charge on any atom is 0.241 e. The molecule has 2 aliphatic rings. The Balaban J connectivity index is 1.71. The van der Waals surface area contributed by atoms with Gasteiger partial charge < -0.3 is 10.6 Å². The Morgan fingerprint density at radius 1 is 1.44 bits per heavy atom. The van der Waals surface area contributed by atoms with Crippen LogP contribution in [0.1, 0.15) is 36.9 Å². The molecule has 0 bridgehead atoms. The van der Waals surface area contributed by atoms with Gasteiger partial charge in [-0.3, -0.25) is 4.79 Å². The summed E-state index contributed by atoms with van der Waals surface area (Å²) < 4.78 is 0. The molecule has 0 aromatic heterocycles. The minimum absolute atomic E-state index is 0.142. The van der Waals surface area contributed by atoms with E-state index < -0.39 is 0 Å². The quantitative estimate of drug-likeness (QED) is 0.851. The van der Waals surface area contributed by atoms with Crippen molar-refractivity contribution >= 4 is 5.91 Å². The molecular formula is C15H20N2O. The summed E-state index contributed by atoms with van der Waals surface area (Å²) in [6.45, 7) is 3.07. The van der Waals surface area contributed by atoms with Crippen LogP contribution >= 0.6 is 0 Å².